The first-order chi connectivity index (χ1) is 16.2. The number of hydrogen-bond acceptors (Lipinski definition) is 4. The van der Waals surface area contributed by atoms with Crippen molar-refractivity contribution in [2.45, 2.75) is 69.8 Å². The van der Waals surface area contributed by atoms with Gasteiger partial charge >= 0.3 is 6.18 Å². The number of nitrogens with one attached hydrogen (secondary N) is 1. The number of rotatable bonds is 4. The van der Waals surface area contributed by atoms with Crippen LogP contribution in [0.2, 0.25) is 0 Å². The average molecular weight is 475 g/mol. The van der Waals surface area contributed by atoms with Gasteiger partial charge in [0.2, 0.25) is 5.91 Å². The molecule has 1 N–H and O–H groups in total. The fraction of sp³-hybridized carbons (Fsp3) is 0.615. The van der Waals surface area contributed by atoms with E-state index in [1.807, 2.05) is 0 Å². The molecule has 0 radical (unpaired) electrons. The van der Waals surface area contributed by atoms with Gasteiger partial charge < -0.3 is 15.1 Å². The van der Waals surface area contributed by atoms with Gasteiger partial charge in [0.05, 0.1) is 11.1 Å². The normalized spacial score (nSPS) is 30.0. The van der Waals surface area contributed by atoms with Crippen molar-refractivity contribution in [3.63, 3.8) is 0 Å². The summed E-state index contributed by atoms with van der Waals surface area (Å²) in [4.78, 5) is 21.6. The fourth-order valence-electron chi connectivity index (χ4n) is 6.55. The molecule has 0 aliphatic carbocycles. The van der Waals surface area contributed by atoms with Crippen LogP contribution in [-0.4, -0.2) is 54.1 Å². The minimum atomic E-state index is -4.45. The van der Waals surface area contributed by atoms with Gasteiger partial charge in [-0.2, -0.15) is 13.2 Å². The topological polar surface area (TPSA) is 48.5 Å². The van der Waals surface area contributed by atoms with Crippen LogP contribution in [0.4, 0.5) is 18.9 Å². The highest BCUT2D eigenvalue weighted by Gasteiger charge is 2.39. The summed E-state index contributed by atoms with van der Waals surface area (Å²) in [5.41, 5.74) is 0.00542. The smallest absolute Gasteiger partial charge is 0.369 e. The maximum Gasteiger partial charge on any atom is 0.418 e. The lowest BCUT2D eigenvalue weighted by Gasteiger charge is -2.39. The van der Waals surface area contributed by atoms with Crippen LogP contribution in [0.25, 0.3) is 10.9 Å². The number of hydrogen-bond donors (Lipinski definition) is 1. The summed E-state index contributed by atoms with van der Waals surface area (Å²) in [6.45, 7) is 3.45. The summed E-state index contributed by atoms with van der Waals surface area (Å²) in [6, 6.07) is 7.27. The zero-order valence-corrected chi connectivity index (χ0v) is 19.8. The molecule has 3 aliphatic heterocycles. The number of piperidine rings is 2. The summed E-state index contributed by atoms with van der Waals surface area (Å²) in [5, 5.41) is 3.75. The first-order valence-corrected chi connectivity index (χ1v) is 12.4. The number of carbonyl (C=O) groups excluding carboxylic acids is 1. The predicted molar refractivity (Wildman–Crippen MR) is 127 cm³/mol. The number of pyridine rings is 1. The van der Waals surface area contributed by atoms with E-state index in [-0.39, 0.29) is 17.5 Å². The van der Waals surface area contributed by atoms with E-state index in [1.54, 1.807) is 18.2 Å². The minimum absolute atomic E-state index is 0.0201. The van der Waals surface area contributed by atoms with Crippen LogP contribution < -0.4 is 10.2 Å². The molecule has 4 heterocycles. The van der Waals surface area contributed by atoms with Gasteiger partial charge in [0.25, 0.3) is 0 Å². The SMILES string of the molecule is C[C@H]1C[C@@H](NC(=O)CC2CC3CCC(C2)N3C)CN(c2ccc(C(F)(F)F)c3ncccc23)C1. The molecule has 1 aromatic carbocycles. The minimum Gasteiger partial charge on any atom is -0.369 e. The molecule has 2 aromatic rings. The third-order valence-corrected chi connectivity index (χ3v) is 8.09. The van der Waals surface area contributed by atoms with E-state index < -0.39 is 11.7 Å². The molecule has 0 spiro atoms. The molecule has 0 saturated carbocycles. The lowest BCUT2D eigenvalue weighted by atomic mass is 9.88. The van der Waals surface area contributed by atoms with Crippen molar-refractivity contribution in [3.05, 3.63) is 36.0 Å². The highest BCUT2D eigenvalue weighted by Crippen LogP contribution is 2.40. The van der Waals surface area contributed by atoms with E-state index >= 15 is 0 Å². The maximum atomic E-state index is 13.5. The molecular weight excluding hydrogens is 441 g/mol. The van der Waals surface area contributed by atoms with Crippen molar-refractivity contribution in [2.24, 2.45) is 11.8 Å². The molecule has 184 valence electrons. The molecule has 8 heteroatoms. The molecule has 2 bridgehead atoms. The number of anilines is 1. The van der Waals surface area contributed by atoms with Crippen LogP contribution in [0, 0.1) is 11.8 Å². The second-order valence-corrected chi connectivity index (χ2v) is 10.6. The van der Waals surface area contributed by atoms with Gasteiger partial charge in [-0.15, -0.1) is 0 Å². The summed E-state index contributed by atoms with van der Waals surface area (Å²) in [7, 11) is 2.21. The number of nitrogens with zero attached hydrogens (tertiary/aromatic N) is 3. The first kappa shape index (κ1) is 23.4. The standard InChI is InChI=1S/C26H33F3N4O/c1-16-10-18(31-24(34)13-17-11-19-5-6-20(12-17)32(19)2)15-33(14-16)23-8-7-22(26(27,28)29)25-21(23)4-3-9-30-25/h3-4,7-9,16-20H,5-6,10-15H2,1-2H3,(H,31,34)/t16-,17?,18+,19?,20?/m0/s1. The maximum absolute atomic E-state index is 13.5. The van der Waals surface area contributed by atoms with Crippen molar-refractivity contribution < 1.29 is 18.0 Å². The van der Waals surface area contributed by atoms with Crippen LogP contribution in [-0.2, 0) is 11.0 Å². The van der Waals surface area contributed by atoms with Crippen molar-refractivity contribution in [3.8, 4) is 0 Å². The van der Waals surface area contributed by atoms with Gasteiger partial charge in [-0.25, -0.2) is 0 Å². The van der Waals surface area contributed by atoms with E-state index in [0.717, 1.165) is 37.6 Å². The number of fused-ring (bicyclic) bond motifs is 3. The Labute approximate surface area is 198 Å². The second kappa shape index (κ2) is 9.02. The Bertz CT molecular complexity index is 1040. The zero-order valence-electron chi connectivity index (χ0n) is 19.8. The van der Waals surface area contributed by atoms with Crippen molar-refractivity contribution in [2.75, 3.05) is 25.0 Å². The molecule has 3 aliphatic rings. The van der Waals surface area contributed by atoms with Gasteiger partial charge in [-0.3, -0.25) is 9.78 Å². The first-order valence-electron chi connectivity index (χ1n) is 12.4. The lowest BCUT2D eigenvalue weighted by molar-refractivity contribution is -0.136. The predicted octanol–water partition coefficient (Wildman–Crippen LogP) is 4.85. The van der Waals surface area contributed by atoms with Gasteiger partial charge in [0, 0.05) is 54.9 Å². The van der Waals surface area contributed by atoms with Crippen molar-refractivity contribution in [1.29, 1.82) is 0 Å². The molecule has 4 atom stereocenters. The monoisotopic (exact) mass is 474 g/mol. The van der Waals surface area contributed by atoms with E-state index in [1.165, 1.54) is 19.0 Å². The Hall–Kier alpha value is -2.35. The Morgan fingerprint density at radius 1 is 1.12 bits per heavy atom. The van der Waals surface area contributed by atoms with Crippen LogP contribution in [0.5, 0.6) is 0 Å². The number of halogens is 3. The number of aromatic nitrogens is 1. The Kier molecular flexibility index (Phi) is 6.21. The quantitative estimate of drug-likeness (QED) is 0.689. The number of carbonyl (C=O) groups is 1. The largest absolute Gasteiger partial charge is 0.418 e. The van der Waals surface area contributed by atoms with Crippen LogP contribution in [0.1, 0.15) is 51.0 Å². The molecule has 1 aromatic heterocycles. The molecule has 1 amide bonds. The number of amides is 1. The average Bonchev–Trinajstić information content (AvgIpc) is 2.97. The molecule has 2 unspecified atom stereocenters. The summed E-state index contributed by atoms with van der Waals surface area (Å²) >= 11 is 0. The van der Waals surface area contributed by atoms with Gasteiger partial charge in [0.1, 0.15) is 0 Å². The van der Waals surface area contributed by atoms with Crippen LogP contribution >= 0.6 is 0 Å². The molecule has 3 saturated heterocycles. The van der Waals surface area contributed by atoms with E-state index in [4.69, 9.17) is 0 Å². The molecule has 34 heavy (non-hydrogen) atoms. The van der Waals surface area contributed by atoms with Crippen LogP contribution in [0.3, 0.4) is 0 Å². The third-order valence-electron chi connectivity index (χ3n) is 8.09. The number of alkyl halides is 3. The summed E-state index contributed by atoms with van der Waals surface area (Å²) < 4.78 is 40.6. The summed E-state index contributed by atoms with van der Waals surface area (Å²) in [6.07, 6.45) is 3.06. The fourth-order valence-corrected chi connectivity index (χ4v) is 6.55. The van der Waals surface area contributed by atoms with Crippen molar-refractivity contribution >= 4 is 22.5 Å². The number of benzene rings is 1. The van der Waals surface area contributed by atoms with E-state index in [0.29, 0.717) is 42.3 Å². The Morgan fingerprint density at radius 3 is 2.56 bits per heavy atom. The van der Waals surface area contributed by atoms with Gasteiger partial charge in [-0.05, 0) is 75.3 Å². The molecular formula is C26H33F3N4O. The van der Waals surface area contributed by atoms with Crippen molar-refractivity contribution in [1.82, 2.24) is 15.2 Å². The van der Waals surface area contributed by atoms with E-state index in [9.17, 15) is 18.0 Å². The Morgan fingerprint density at radius 2 is 1.85 bits per heavy atom. The zero-order chi connectivity index (χ0) is 24.0. The summed E-state index contributed by atoms with van der Waals surface area (Å²) in [5.74, 6) is 0.856. The second-order valence-electron chi connectivity index (χ2n) is 10.6. The van der Waals surface area contributed by atoms with Gasteiger partial charge in [-0.1, -0.05) is 6.92 Å². The highest BCUT2D eigenvalue weighted by atomic mass is 19.4. The third kappa shape index (κ3) is 4.61. The Balaban J connectivity index is 1.29. The van der Waals surface area contributed by atoms with Crippen LogP contribution in [0.15, 0.2) is 30.5 Å². The molecule has 5 nitrogen and oxygen atoms in total. The molecule has 5 rings (SSSR count). The highest BCUT2D eigenvalue weighted by molar-refractivity contribution is 5.94. The van der Waals surface area contributed by atoms with Gasteiger partial charge in [0.15, 0.2) is 0 Å². The van der Waals surface area contributed by atoms with E-state index in [2.05, 4.69) is 34.1 Å². The molecule has 3 fully saturated rings. The lowest BCUT2D eigenvalue weighted by Crippen LogP contribution is -2.51.